The van der Waals surface area contributed by atoms with Gasteiger partial charge in [-0.2, -0.15) is 4.98 Å². The second kappa shape index (κ2) is 6.02. The number of nitrogens with zero attached hydrogens (tertiary/aromatic N) is 2. The van der Waals surface area contributed by atoms with Crippen LogP contribution in [0, 0.1) is 5.82 Å². The highest BCUT2D eigenvalue weighted by Crippen LogP contribution is 2.30. The Morgan fingerprint density at radius 3 is 2.77 bits per heavy atom. The Bertz CT molecular complexity index is 672. The van der Waals surface area contributed by atoms with Gasteiger partial charge in [-0.1, -0.05) is 16.8 Å². The van der Waals surface area contributed by atoms with Crippen LogP contribution in [0.25, 0.3) is 0 Å². The molecule has 22 heavy (non-hydrogen) atoms. The molecule has 0 unspecified atom stereocenters. The molecule has 6 nitrogen and oxygen atoms in total. The van der Waals surface area contributed by atoms with E-state index in [0.29, 0.717) is 31.9 Å². The van der Waals surface area contributed by atoms with E-state index in [2.05, 4.69) is 15.5 Å². The van der Waals surface area contributed by atoms with Gasteiger partial charge in [0.05, 0.1) is 10.6 Å². The van der Waals surface area contributed by atoms with Gasteiger partial charge >= 0.3 is 0 Å². The van der Waals surface area contributed by atoms with Crippen LogP contribution in [0.4, 0.5) is 4.39 Å². The molecule has 1 aromatic heterocycles. The first-order chi connectivity index (χ1) is 10.6. The molecule has 1 aliphatic rings. The van der Waals surface area contributed by atoms with E-state index in [1.165, 1.54) is 18.5 Å². The van der Waals surface area contributed by atoms with E-state index in [4.69, 9.17) is 20.9 Å². The van der Waals surface area contributed by atoms with Crippen LogP contribution < -0.4 is 5.32 Å². The zero-order valence-corrected chi connectivity index (χ0v) is 12.3. The van der Waals surface area contributed by atoms with Crippen LogP contribution in [-0.4, -0.2) is 29.3 Å². The maximum atomic E-state index is 13.1. The minimum absolute atomic E-state index is 0.0489. The summed E-state index contributed by atoms with van der Waals surface area (Å²) in [4.78, 5) is 16.6. The van der Waals surface area contributed by atoms with Crippen LogP contribution in [0.3, 0.4) is 0 Å². The molecule has 0 spiro atoms. The minimum Gasteiger partial charge on any atom is -0.381 e. The van der Waals surface area contributed by atoms with E-state index in [9.17, 15) is 9.18 Å². The standard InChI is InChI=1S/C14H13ClFN3O3/c15-11-7-9(16)1-2-10(11)12(20)18-14(3-5-21-6-4-14)13-17-8-22-19-13/h1-2,7-8H,3-6H2,(H,18,20). The fraction of sp³-hybridized carbons (Fsp3) is 0.357. The largest absolute Gasteiger partial charge is 0.381 e. The molecule has 0 aliphatic carbocycles. The van der Waals surface area contributed by atoms with Gasteiger partial charge in [0.2, 0.25) is 6.39 Å². The van der Waals surface area contributed by atoms with Gasteiger partial charge in [0.25, 0.3) is 5.91 Å². The minimum atomic E-state index is -0.778. The van der Waals surface area contributed by atoms with Gasteiger partial charge in [-0.05, 0) is 18.2 Å². The number of carbonyl (C=O) groups excluding carboxylic acids is 1. The van der Waals surface area contributed by atoms with Crippen molar-refractivity contribution in [1.82, 2.24) is 15.5 Å². The van der Waals surface area contributed by atoms with Gasteiger partial charge in [-0.25, -0.2) is 4.39 Å². The van der Waals surface area contributed by atoms with E-state index in [-0.39, 0.29) is 10.6 Å². The van der Waals surface area contributed by atoms with E-state index in [1.807, 2.05) is 0 Å². The molecule has 1 aromatic carbocycles. The van der Waals surface area contributed by atoms with Crippen molar-refractivity contribution in [2.75, 3.05) is 13.2 Å². The van der Waals surface area contributed by atoms with Crippen molar-refractivity contribution in [2.24, 2.45) is 0 Å². The van der Waals surface area contributed by atoms with Crippen LogP contribution in [0.2, 0.25) is 5.02 Å². The predicted octanol–water partition coefficient (Wildman–Crippen LogP) is 2.30. The number of hydrogen-bond acceptors (Lipinski definition) is 5. The number of ether oxygens (including phenoxy) is 1. The lowest BCUT2D eigenvalue weighted by atomic mass is 9.88. The predicted molar refractivity (Wildman–Crippen MR) is 74.9 cm³/mol. The molecule has 1 N–H and O–H groups in total. The molecule has 1 saturated heterocycles. The first-order valence-electron chi connectivity index (χ1n) is 6.73. The molecule has 0 radical (unpaired) electrons. The summed E-state index contributed by atoms with van der Waals surface area (Å²) in [6, 6.07) is 3.63. The molecular formula is C14H13ClFN3O3. The topological polar surface area (TPSA) is 77.3 Å². The van der Waals surface area contributed by atoms with Crippen LogP contribution in [0.5, 0.6) is 0 Å². The molecule has 1 amide bonds. The Hall–Kier alpha value is -1.99. The van der Waals surface area contributed by atoms with Crippen LogP contribution in [-0.2, 0) is 10.3 Å². The summed E-state index contributed by atoms with van der Waals surface area (Å²) in [6.07, 6.45) is 2.23. The Morgan fingerprint density at radius 1 is 1.36 bits per heavy atom. The van der Waals surface area contributed by atoms with Crippen molar-refractivity contribution in [3.8, 4) is 0 Å². The summed E-state index contributed by atoms with van der Waals surface area (Å²) >= 11 is 5.94. The van der Waals surface area contributed by atoms with Crippen molar-refractivity contribution in [1.29, 1.82) is 0 Å². The molecule has 1 fully saturated rings. The number of rotatable bonds is 3. The molecule has 8 heteroatoms. The zero-order valence-electron chi connectivity index (χ0n) is 11.5. The average molecular weight is 326 g/mol. The van der Waals surface area contributed by atoms with Gasteiger partial charge in [0.15, 0.2) is 5.82 Å². The molecule has 116 valence electrons. The third kappa shape index (κ3) is 2.82. The number of aromatic nitrogens is 2. The van der Waals surface area contributed by atoms with Crippen LogP contribution >= 0.6 is 11.6 Å². The van der Waals surface area contributed by atoms with Gasteiger partial charge < -0.3 is 14.6 Å². The third-order valence-electron chi connectivity index (χ3n) is 3.66. The summed E-state index contributed by atoms with van der Waals surface area (Å²) in [5, 5.41) is 6.80. The molecule has 1 aliphatic heterocycles. The second-order valence-electron chi connectivity index (χ2n) is 5.03. The van der Waals surface area contributed by atoms with Crippen molar-refractivity contribution in [3.63, 3.8) is 0 Å². The summed E-state index contributed by atoms with van der Waals surface area (Å²) in [5.74, 6) is -0.528. The monoisotopic (exact) mass is 325 g/mol. The van der Waals surface area contributed by atoms with E-state index < -0.39 is 17.3 Å². The summed E-state index contributed by atoms with van der Waals surface area (Å²) < 4.78 is 23.2. The quantitative estimate of drug-likeness (QED) is 0.937. The average Bonchev–Trinajstić information content (AvgIpc) is 3.03. The summed E-state index contributed by atoms with van der Waals surface area (Å²) in [7, 11) is 0. The fourth-order valence-electron chi connectivity index (χ4n) is 2.46. The Morgan fingerprint density at radius 2 is 2.14 bits per heavy atom. The first kappa shape index (κ1) is 14.9. The number of hydrogen-bond donors (Lipinski definition) is 1. The smallest absolute Gasteiger partial charge is 0.253 e. The van der Waals surface area contributed by atoms with Crippen LogP contribution in [0.15, 0.2) is 29.1 Å². The van der Waals surface area contributed by atoms with Crippen molar-refractivity contribution in [3.05, 3.63) is 46.8 Å². The van der Waals surface area contributed by atoms with Gasteiger partial charge in [0, 0.05) is 26.1 Å². The van der Waals surface area contributed by atoms with Gasteiger partial charge in [-0.3, -0.25) is 4.79 Å². The van der Waals surface area contributed by atoms with Crippen LogP contribution in [0.1, 0.15) is 29.0 Å². The highest BCUT2D eigenvalue weighted by Gasteiger charge is 2.40. The van der Waals surface area contributed by atoms with Crippen molar-refractivity contribution >= 4 is 17.5 Å². The summed E-state index contributed by atoms with van der Waals surface area (Å²) in [5.41, 5.74) is -0.586. The maximum Gasteiger partial charge on any atom is 0.253 e. The van der Waals surface area contributed by atoms with Crippen molar-refractivity contribution in [2.45, 2.75) is 18.4 Å². The molecule has 0 saturated carbocycles. The summed E-state index contributed by atoms with van der Waals surface area (Å²) in [6.45, 7) is 0.929. The number of nitrogens with one attached hydrogen (secondary N) is 1. The highest BCUT2D eigenvalue weighted by atomic mass is 35.5. The first-order valence-corrected chi connectivity index (χ1v) is 7.11. The maximum absolute atomic E-state index is 13.1. The van der Waals surface area contributed by atoms with E-state index in [0.717, 1.165) is 6.07 Å². The highest BCUT2D eigenvalue weighted by molar-refractivity contribution is 6.33. The number of benzene rings is 1. The number of amides is 1. The Labute approximate surface area is 130 Å². The van der Waals surface area contributed by atoms with Gasteiger partial charge in [-0.15, -0.1) is 0 Å². The van der Waals surface area contributed by atoms with Crippen molar-refractivity contribution < 1.29 is 18.4 Å². The lowest BCUT2D eigenvalue weighted by Gasteiger charge is -2.35. The SMILES string of the molecule is O=C(NC1(c2ncon2)CCOCC1)c1ccc(F)cc1Cl. The number of carbonyl (C=O) groups is 1. The normalized spacial score (nSPS) is 17.2. The molecule has 0 atom stereocenters. The molecule has 3 rings (SSSR count). The Balaban J connectivity index is 1.89. The third-order valence-corrected chi connectivity index (χ3v) is 3.98. The molecule has 2 aromatic rings. The second-order valence-corrected chi connectivity index (χ2v) is 5.43. The fourth-order valence-corrected chi connectivity index (χ4v) is 2.72. The Kier molecular flexibility index (Phi) is 4.08. The molecule has 2 heterocycles. The lowest BCUT2D eigenvalue weighted by molar-refractivity contribution is 0.0306. The molecule has 0 bridgehead atoms. The van der Waals surface area contributed by atoms with E-state index in [1.54, 1.807) is 0 Å². The van der Waals surface area contributed by atoms with Gasteiger partial charge in [0.1, 0.15) is 11.4 Å². The van der Waals surface area contributed by atoms with E-state index >= 15 is 0 Å². The number of halogens is 2. The zero-order chi connectivity index (χ0) is 15.6. The lowest BCUT2D eigenvalue weighted by Crippen LogP contribution is -2.50. The molecular weight excluding hydrogens is 313 g/mol.